The van der Waals surface area contributed by atoms with Crippen molar-refractivity contribution in [2.24, 2.45) is 12.0 Å². The lowest BCUT2D eigenvalue weighted by Crippen LogP contribution is -2.54. The maximum absolute atomic E-state index is 11.9. The number of rotatable bonds is 5. The molecule has 0 unspecified atom stereocenters. The van der Waals surface area contributed by atoms with Crippen LogP contribution < -0.4 is 10.6 Å². The van der Waals surface area contributed by atoms with E-state index >= 15 is 0 Å². The maximum atomic E-state index is 11.9. The summed E-state index contributed by atoms with van der Waals surface area (Å²) < 4.78 is 2.11. The average molecular weight is 460 g/mol. The zero-order valence-electron chi connectivity index (χ0n) is 15.1. The van der Waals surface area contributed by atoms with E-state index in [4.69, 9.17) is 0 Å². The molecule has 0 atom stereocenters. The summed E-state index contributed by atoms with van der Waals surface area (Å²) in [6.45, 7) is 4.85. The number of carbonyl (C=O) groups excluding carboxylic acids is 1. The number of hydrogen-bond donors (Lipinski definition) is 2. The van der Waals surface area contributed by atoms with Crippen molar-refractivity contribution in [3.63, 3.8) is 0 Å². The number of amides is 1. The number of guanidine groups is 1. The van der Waals surface area contributed by atoms with Crippen LogP contribution in [0.4, 0.5) is 0 Å². The van der Waals surface area contributed by atoms with Crippen LogP contribution in [0.5, 0.6) is 0 Å². The Bertz CT molecular complexity index is 590. The molecule has 2 N–H and O–H groups in total. The summed E-state index contributed by atoms with van der Waals surface area (Å²) in [5.41, 5.74) is 1.23. The predicted molar refractivity (Wildman–Crippen MR) is 110 cm³/mol. The predicted octanol–water partition coefficient (Wildman–Crippen LogP) is 0.615. The summed E-state index contributed by atoms with van der Waals surface area (Å²) in [5, 5.41) is 6.48. The highest BCUT2D eigenvalue weighted by Crippen LogP contribution is 2.18. The number of nitrogens with one attached hydrogen (secondary N) is 2. The lowest BCUT2D eigenvalue weighted by Gasteiger charge is -2.36. The highest BCUT2D eigenvalue weighted by molar-refractivity contribution is 14.0. The molecule has 7 nitrogen and oxygen atoms in total. The number of aromatic nitrogens is 1. The number of piperazine rings is 1. The van der Waals surface area contributed by atoms with E-state index in [-0.39, 0.29) is 29.9 Å². The van der Waals surface area contributed by atoms with Crippen molar-refractivity contribution in [1.29, 1.82) is 0 Å². The summed E-state index contributed by atoms with van der Waals surface area (Å²) in [6.07, 6.45) is 4.33. The number of hydrogen-bond acceptors (Lipinski definition) is 3. The fraction of sp³-hybridized carbons (Fsp3) is 0.647. The molecule has 1 amide bonds. The van der Waals surface area contributed by atoms with Gasteiger partial charge in [-0.15, -0.1) is 24.0 Å². The van der Waals surface area contributed by atoms with Gasteiger partial charge in [-0.05, 0) is 25.0 Å². The van der Waals surface area contributed by atoms with Gasteiger partial charge in [0.15, 0.2) is 5.96 Å². The molecule has 140 valence electrons. The second kappa shape index (κ2) is 9.42. The zero-order chi connectivity index (χ0) is 16.9. The van der Waals surface area contributed by atoms with E-state index in [9.17, 15) is 4.79 Å². The van der Waals surface area contributed by atoms with Crippen LogP contribution in [0.25, 0.3) is 0 Å². The van der Waals surface area contributed by atoms with Crippen molar-refractivity contribution < 1.29 is 4.79 Å². The van der Waals surface area contributed by atoms with Gasteiger partial charge in [-0.1, -0.05) is 0 Å². The van der Waals surface area contributed by atoms with Gasteiger partial charge in [0.1, 0.15) is 0 Å². The highest BCUT2D eigenvalue weighted by Gasteiger charge is 2.25. The standard InChI is InChI=1S/C17H28N6O.HI/c1-18-17(19-12-15-4-3-7-21(15)2)23-10-8-22(9-11-23)13-16(24)20-14-5-6-14;/h3-4,7,14H,5-6,8-13H2,1-2H3,(H,18,19)(H,20,24);1H. The van der Waals surface area contributed by atoms with E-state index in [2.05, 4.69) is 36.1 Å². The zero-order valence-corrected chi connectivity index (χ0v) is 17.4. The van der Waals surface area contributed by atoms with E-state index in [0.717, 1.165) is 51.5 Å². The lowest BCUT2D eigenvalue weighted by molar-refractivity contribution is -0.122. The molecule has 2 aliphatic rings. The van der Waals surface area contributed by atoms with Gasteiger partial charge in [-0.25, -0.2) is 0 Å². The first-order chi connectivity index (χ1) is 11.7. The molecule has 0 aromatic carbocycles. The Kier molecular flexibility index (Phi) is 7.55. The molecule has 8 heteroatoms. The van der Waals surface area contributed by atoms with Crippen molar-refractivity contribution in [3.8, 4) is 0 Å². The molecule has 1 aromatic heterocycles. The van der Waals surface area contributed by atoms with Gasteiger partial charge in [-0.3, -0.25) is 14.7 Å². The Morgan fingerprint density at radius 3 is 2.56 bits per heavy atom. The van der Waals surface area contributed by atoms with E-state index in [0.29, 0.717) is 12.6 Å². The molecule has 1 aliphatic carbocycles. The first-order valence-electron chi connectivity index (χ1n) is 8.73. The summed E-state index contributed by atoms with van der Waals surface area (Å²) in [5.74, 6) is 1.09. The molecule has 2 heterocycles. The van der Waals surface area contributed by atoms with Crippen LogP contribution in [0.2, 0.25) is 0 Å². The molecular weight excluding hydrogens is 431 g/mol. The SMILES string of the molecule is CN=C(NCc1cccn1C)N1CCN(CC(=O)NC2CC2)CC1.I. The van der Waals surface area contributed by atoms with E-state index < -0.39 is 0 Å². The van der Waals surface area contributed by atoms with E-state index in [1.54, 1.807) is 0 Å². The third-order valence-electron chi connectivity index (χ3n) is 4.67. The Morgan fingerprint density at radius 2 is 2.00 bits per heavy atom. The minimum atomic E-state index is 0. The van der Waals surface area contributed by atoms with Crippen LogP contribution in [-0.2, 0) is 18.4 Å². The van der Waals surface area contributed by atoms with Gasteiger partial charge in [0.05, 0.1) is 13.1 Å². The minimum Gasteiger partial charge on any atom is -0.353 e. The van der Waals surface area contributed by atoms with Gasteiger partial charge in [0, 0.05) is 58.2 Å². The Labute approximate surface area is 166 Å². The number of carbonyl (C=O) groups is 1. The lowest BCUT2D eigenvalue weighted by atomic mass is 10.3. The molecule has 1 aromatic rings. The minimum absolute atomic E-state index is 0. The molecular formula is C17H29IN6O. The fourth-order valence-electron chi connectivity index (χ4n) is 3.00. The van der Waals surface area contributed by atoms with Crippen LogP contribution >= 0.6 is 24.0 Å². The molecule has 0 bridgehead atoms. The molecule has 1 aliphatic heterocycles. The topological polar surface area (TPSA) is 64.9 Å². The van der Waals surface area contributed by atoms with Gasteiger partial charge >= 0.3 is 0 Å². The van der Waals surface area contributed by atoms with Gasteiger partial charge < -0.3 is 20.1 Å². The van der Waals surface area contributed by atoms with Crippen LogP contribution in [0.3, 0.4) is 0 Å². The van der Waals surface area contributed by atoms with Gasteiger partial charge in [0.2, 0.25) is 5.91 Å². The van der Waals surface area contributed by atoms with Crippen LogP contribution in [-0.4, -0.2) is 72.0 Å². The normalized spacial score (nSPS) is 18.6. The largest absolute Gasteiger partial charge is 0.353 e. The third-order valence-corrected chi connectivity index (χ3v) is 4.67. The van der Waals surface area contributed by atoms with Crippen molar-refractivity contribution in [2.45, 2.75) is 25.4 Å². The molecule has 25 heavy (non-hydrogen) atoms. The first kappa shape index (κ1) is 20.0. The highest BCUT2D eigenvalue weighted by atomic mass is 127. The molecule has 3 rings (SSSR count). The smallest absolute Gasteiger partial charge is 0.234 e. The van der Waals surface area contributed by atoms with E-state index in [1.165, 1.54) is 5.69 Å². The average Bonchev–Trinajstić information content (AvgIpc) is 3.29. The number of aryl methyl sites for hydroxylation is 1. The van der Waals surface area contributed by atoms with Crippen LogP contribution in [0, 0.1) is 0 Å². The summed E-state index contributed by atoms with van der Waals surface area (Å²) in [7, 11) is 3.87. The first-order valence-corrected chi connectivity index (χ1v) is 8.73. The Hall–Kier alpha value is -1.29. The van der Waals surface area contributed by atoms with Crippen molar-refractivity contribution in [2.75, 3.05) is 39.8 Å². The number of nitrogens with zero attached hydrogens (tertiary/aromatic N) is 4. The number of aliphatic imine (C=N–C) groups is 1. The van der Waals surface area contributed by atoms with Crippen LogP contribution in [0.15, 0.2) is 23.3 Å². The Balaban J connectivity index is 0.00000225. The number of halogens is 1. The van der Waals surface area contributed by atoms with Gasteiger partial charge in [-0.2, -0.15) is 0 Å². The fourth-order valence-corrected chi connectivity index (χ4v) is 3.00. The third kappa shape index (κ3) is 5.88. The summed E-state index contributed by atoms with van der Waals surface area (Å²) >= 11 is 0. The molecule has 0 spiro atoms. The van der Waals surface area contributed by atoms with Crippen molar-refractivity contribution in [1.82, 2.24) is 25.0 Å². The quantitative estimate of drug-likeness (QED) is 0.384. The molecule has 1 saturated carbocycles. The molecule has 1 saturated heterocycles. The summed E-state index contributed by atoms with van der Waals surface area (Å²) in [4.78, 5) is 20.8. The van der Waals surface area contributed by atoms with Gasteiger partial charge in [0.25, 0.3) is 0 Å². The second-order valence-electron chi connectivity index (χ2n) is 6.62. The van der Waals surface area contributed by atoms with Crippen molar-refractivity contribution in [3.05, 3.63) is 24.0 Å². The van der Waals surface area contributed by atoms with E-state index in [1.807, 2.05) is 26.4 Å². The second-order valence-corrected chi connectivity index (χ2v) is 6.62. The molecule has 0 radical (unpaired) electrons. The summed E-state index contributed by atoms with van der Waals surface area (Å²) in [6, 6.07) is 4.60. The van der Waals surface area contributed by atoms with Crippen molar-refractivity contribution >= 4 is 35.8 Å². The monoisotopic (exact) mass is 460 g/mol. The van der Waals surface area contributed by atoms with Crippen LogP contribution in [0.1, 0.15) is 18.5 Å². The molecule has 2 fully saturated rings. The Morgan fingerprint density at radius 1 is 1.28 bits per heavy atom. The maximum Gasteiger partial charge on any atom is 0.234 e.